The lowest BCUT2D eigenvalue weighted by Gasteiger charge is -2.26. The first-order chi connectivity index (χ1) is 7.58. The van der Waals surface area contributed by atoms with Crippen LogP contribution in [0.1, 0.15) is 13.8 Å². The van der Waals surface area contributed by atoms with Gasteiger partial charge in [-0.05, 0) is 13.8 Å². The predicted octanol–water partition coefficient (Wildman–Crippen LogP) is 1.23. The van der Waals surface area contributed by atoms with Crippen LogP contribution in [0.4, 0.5) is 4.79 Å². The van der Waals surface area contributed by atoms with Crippen molar-refractivity contribution in [3.05, 3.63) is 23.4 Å². The Balaban J connectivity index is 2.29. The second-order valence-corrected chi connectivity index (χ2v) is 3.41. The average molecular weight is 226 g/mol. The highest BCUT2D eigenvalue weighted by molar-refractivity contribution is 5.73. The molecule has 0 radical (unpaired) electrons. The van der Waals surface area contributed by atoms with Crippen molar-refractivity contribution >= 4 is 12.1 Å². The van der Waals surface area contributed by atoms with Crippen LogP contribution < -0.4 is 0 Å². The standard InChI is InChI=1S/C10H10O6/c1-5-3-14-10(12)16-8(5)9-6(2)13-4-7(11)15-9/h3,8H,4H2,1-2H3. The number of carbonyl (C=O) groups excluding carboxylic acids is 2. The highest BCUT2D eigenvalue weighted by Crippen LogP contribution is 2.26. The van der Waals surface area contributed by atoms with Crippen molar-refractivity contribution in [2.75, 3.05) is 6.61 Å². The van der Waals surface area contributed by atoms with Crippen molar-refractivity contribution in [2.24, 2.45) is 0 Å². The van der Waals surface area contributed by atoms with E-state index in [4.69, 9.17) is 14.2 Å². The first-order valence-electron chi connectivity index (χ1n) is 4.66. The van der Waals surface area contributed by atoms with E-state index in [1.165, 1.54) is 6.26 Å². The molecule has 0 aromatic rings. The maximum atomic E-state index is 11.1. The molecule has 0 N–H and O–H groups in total. The van der Waals surface area contributed by atoms with E-state index in [9.17, 15) is 9.59 Å². The summed E-state index contributed by atoms with van der Waals surface area (Å²) in [6, 6.07) is 0. The van der Waals surface area contributed by atoms with Gasteiger partial charge in [0.15, 0.2) is 18.5 Å². The molecule has 0 spiro atoms. The van der Waals surface area contributed by atoms with E-state index in [2.05, 4.69) is 4.74 Å². The number of hydrogen-bond donors (Lipinski definition) is 0. The predicted molar refractivity (Wildman–Crippen MR) is 49.9 cm³/mol. The molecular formula is C10H10O6. The Morgan fingerprint density at radius 3 is 2.81 bits per heavy atom. The Morgan fingerprint density at radius 1 is 1.31 bits per heavy atom. The lowest BCUT2D eigenvalue weighted by molar-refractivity contribution is -0.149. The van der Waals surface area contributed by atoms with Gasteiger partial charge in [-0.2, -0.15) is 0 Å². The molecule has 0 fully saturated rings. The van der Waals surface area contributed by atoms with Crippen LogP contribution in [-0.4, -0.2) is 24.8 Å². The van der Waals surface area contributed by atoms with Crippen molar-refractivity contribution in [1.82, 2.24) is 0 Å². The van der Waals surface area contributed by atoms with Gasteiger partial charge in [-0.3, -0.25) is 0 Å². The fourth-order valence-electron chi connectivity index (χ4n) is 1.38. The monoisotopic (exact) mass is 226 g/mol. The Labute approximate surface area is 91.4 Å². The molecule has 6 nitrogen and oxygen atoms in total. The second-order valence-electron chi connectivity index (χ2n) is 3.41. The molecule has 6 heteroatoms. The van der Waals surface area contributed by atoms with Crippen molar-refractivity contribution in [3.8, 4) is 0 Å². The number of carbonyl (C=O) groups is 2. The fraction of sp³-hybridized carbons (Fsp3) is 0.400. The Hall–Kier alpha value is -1.98. The average Bonchev–Trinajstić information content (AvgIpc) is 2.25. The summed E-state index contributed by atoms with van der Waals surface area (Å²) in [7, 11) is 0. The van der Waals surface area contributed by atoms with Crippen LogP contribution in [0.3, 0.4) is 0 Å². The molecule has 0 aliphatic carbocycles. The highest BCUT2D eigenvalue weighted by Gasteiger charge is 2.33. The van der Waals surface area contributed by atoms with Gasteiger partial charge >= 0.3 is 12.1 Å². The number of allylic oxidation sites excluding steroid dienone is 1. The summed E-state index contributed by atoms with van der Waals surface area (Å²) in [6.07, 6.45) is -0.331. The Bertz CT molecular complexity index is 406. The molecule has 2 rings (SSSR count). The maximum absolute atomic E-state index is 11.1. The van der Waals surface area contributed by atoms with Crippen molar-refractivity contribution in [2.45, 2.75) is 20.0 Å². The third-order valence-electron chi connectivity index (χ3n) is 2.18. The van der Waals surface area contributed by atoms with Gasteiger partial charge in [0.2, 0.25) is 0 Å². The first-order valence-corrected chi connectivity index (χ1v) is 4.66. The van der Waals surface area contributed by atoms with E-state index in [-0.39, 0.29) is 12.4 Å². The van der Waals surface area contributed by atoms with Gasteiger partial charge in [-0.25, -0.2) is 9.59 Å². The van der Waals surface area contributed by atoms with Crippen LogP contribution in [0.25, 0.3) is 0 Å². The quantitative estimate of drug-likeness (QED) is 0.626. The molecule has 0 aromatic heterocycles. The summed E-state index contributed by atoms with van der Waals surface area (Å²) in [5.41, 5.74) is 0.618. The Kier molecular flexibility index (Phi) is 2.55. The smallest absolute Gasteiger partial charge is 0.483 e. The summed E-state index contributed by atoms with van der Waals surface area (Å²) in [4.78, 5) is 22.0. The normalized spacial score (nSPS) is 25.1. The molecule has 0 amide bonds. The van der Waals surface area contributed by atoms with Crippen LogP contribution >= 0.6 is 0 Å². The second kappa shape index (κ2) is 3.88. The van der Waals surface area contributed by atoms with Crippen LogP contribution in [0.15, 0.2) is 23.4 Å². The molecule has 16 heavy (non-hydrogen) atoms. The highest BCUT2D eigenvalue weighted by atomic mass is 16.7. The molecule has 2 aliphatic rings. The largest absolute Gasteiger partial charge is 0.514 e. The van der Waals surface area contributed by atoms with Crippen molar-refractivity contribution in [3.63, 3.8) is 0 Å². The van der Waals surface area contributed by atoms with E-state index >= 15 is 0 Å². The zero-order valence-corrected chi connectivity index (χ0v) is 8.81. The number of cyclic esters (lactones) is 3. The molecule has 0 saturated heterocycles. The molecule has 2 heterocycles. The minimum atomic E-state index is -0.836. The minimum absolute atomic E-state index is 0.130. The van der Waals surface area contributed by atoms with Gasteiger partial charge in [-0.15, -0.1) is 0 Å². The number of rotatable bonds is 1. The van der Waals surface area contributed by atoms with Gasteiger partial charge < -0.3 is 18.9 Å². The van der Waals surface area contributed by atoms with E-state index in [0.29, 0.717) is 11.3 Å². The third kappa shape index (κ3) is 1.86. The molecule has 1 unspecified atom stereocenters. The molecular weight excluding hydrogens is 216 g/mol. The zero-order chi connectivity index (χ0) is 11.7. The van der Waals surface area contributed by atoms with Gasteiger partial charge in [0, 0.05) is 5.57 Å². The van der Waals surface area contributed by atoms with Crippen molar-refractivity contribution < 1.29 is 28.5 Å². The van der Waals surface area contributed by atoms with Gasteiger partial charge in [0.25, 0.3) is 0 Å². The van der Waals surface area contributed by atoms with Crippen LogP contribution in [-0.2, 0) is 23.7 Å². The van der Waals surface area contributed by atoms with Crippen LogP contribution in [0.2, 0.25) is 0 Å². The molecule has 86 valence electrons. The number of esters is 1. The van der Waals surface area contributed by atoms with E-state index in [0.717, 1.165) is 0 Å². The minimum Gasteiger partial charge on any atom is -0.483 e. The summed E-state index contributed by atoms with van der Waals surface area (Å²) in [5, 5.41) is 0. The van der Waals surface area contributed by atoms with Crippen molar-refractivity contribution in [1.29, 1.82) is 0 Å². The third-order valence-corrected chi connectivity index (χ3v) is 2.18. The lowest BCUT2D eigenvalue weighted by Crippen LogP contribution is -2.32. The van der Waals surface area contributed by atoms with E-state index in [1.54, 1.807) is 13.8 Å². The van der Waals surface area contributed by atoms with Crippen LogP contribution in [0.5, 0.6) is 0 Å². The van der Waals surface area contributed by atoms with E-state index < -0.39 is 18.2 Å². The number of ether oxygens (including phenoxy) is 4. The van der Waals surface area contributed by atoms with Crippen LogP contribution in [0, 0.1) is 0 Å². The fourth-order valence-corrected chi connectivity index (χ4v) is 1.38. The molecule has 0 aromatic carbocycles. The SMILES string of the molecule is CC1=COC(=O)OC1C1=C(C)OCC(=O)O1. The summed E-state index contributed by atoms with van der Waals surface area (Å²) < 4.78 is 19.5. The lowest BCUT2D eigenvalue weighted by atomic mass is 10.1. The topological polar surface area (TPSA) is 71.1 Å². The van der Waals surface area contributed by atoms with Gasteiger partial charge in [-0.1, -0.05) is 0 Å². The zero-order valence-electron chi connectivity index (χ0n) is 8.81. The Morgan fingerprint density at radius 2 is 2.06 bits per heavy atom. The summed E-state index contributed by atoms with van der Waals surface area (Å²) >= 11 is 0. The molecule has 0 saturated carbocycles. The molecule has 1 atom stereocenters. The summed E-state index contributed by atoms with van der Waals surface area (Å²) in [5.74, 6) is 0.102. The summed E-state index contributed by atoms with van der Waals surface area (Å²) in [6.45, 7) is 3.20. The number of hydrogen-bond acceptors (Lipinski definition) is 6. The van der Waals surface area contributed by atoms with Gasteiger partial charge in [0.1, 0.15) is 12.0 Å². The maximum Gasteiger partial charge on any atom is 0.514 e. The molecule has 2 aliphatic heterocycles. The van der Waals surface area contributed by atoms with Gasteiger partial charge in [0.05, 0.1) is 0 Å². The van der Waals surface area contributed by atoms with E-state index in [1.807, 2.05) is 0 Å². The first kappa shape index (κ1) is 10.5. The molecule has 0 bridgehead atoms.